The second-order valence-corrected chi connectivity index (χ2v) is 4.97. The molecule has 1 aliphatic rings. The van der Waals surface area contributed by atoms with Crippen molar-refractivity contribution in [2.45, 2.75) is 25.4 Å². The highest BCUT2D eigenvalue weighted by molar-refractivity contribution is 7.10. The molecule has 1 aromatic heterocycles. The minimum Gasteiger partial charge on any atom is -0.478 e. The standard InChI is InChI=1S/C11H14N2O3S/c14-10-9(2-1-3-12-10)13-5-8-4-7(6-17-8)11(15)16/h4,6,9,13H,1-3,5H2,(H,12,14)(H,15,16). The van der Waals surface area contributed by atoms with E-state index in [1.165, 1.54) is 11.3 Å². The molecule has 1 saturated heterocycles. The van der Waals surface area contributed by atoms with Gasteiger partial charge in [0.15, 0.2) is 0 Å². The Hall–Kier alpha value is -1.40. The summed E-state index contributed by atoms with van der Waals surface area (Å²) in [6, 6.07) is 1.49. The second-order valence-electron chi connectivity index (χ2n) is 3.97. The average Bonchev–Trinajstić information content (AvgIpc) is 2.77. The summed E-state index contributed by atoms with van der Waals surface area (Å²) >= 11 is 1.39. The number of hydrogen-bond donors (Lipinski definition) is 3. The molecule has 1 fully saturated rings. The first-order valence-corrected chi connectivity index (χ1v) is 6.36. The quantitative estimate of drug-likeness (QED) is 0.743. The minimum absolute atomic E-state index is 0.0336. The molecular weight excluding hydrogens is 240 g/mol. The molecule has 0 saturated carbocycles. The maximum atomic E-state index is 11.5. The van der Waals surface area contributed by atoms with Crippen molar-refractivity contribution in [1.29, 1.82) is 0 Å². The number of carboxylic acids is 1. The van der Waals surface area contributed by atoms with E-state index >= 15 is 0 Å². The van der Waals surface area contributed by atoms with Crippen molar-refractivity contribution in [3.8, 4) is 0 Å². The Balaban J connectivity index is 1.88. The zero-order valence-corrected chi connectivity index (χ0v) is 10.0. The van der Waals surface area contributed by atoms with Crippen LogP contribution in [0.25, 0.3) is 0 Å². The van der Waals surface area contributed by atoms with Gasteiger partial charge in [0.1, 0.15) is 0 Å². The summed E-state index contributed by atoms with van der Waals surface area (Å²) in [7, 11) is 0. The molecule has 0 radical (unpaired) electrons. The maximum Gasteiger partial charge on any atom is 0.336 e. The van der Waals surface area contributed by atoms with E-state index in [-0.39, 0.29) is 11.9 Å². The number of carbonyl (C=O) groups is 2. The van der Waals surface area contributed by atoms with Crippen LogP contribution in [0.2, 0.25) is 0 Å². The van der Waals surface area contributed by atoms with E-state index in [9.17, 15) is 9.59 Å². The molecule has 0 aliphatic carbocycles. The molecule has 17 heavy (non-hydrogen) atoms. The molecule has 6 heteroatoms. The molecule has 1 aromatic rings. The highest BCUT2D eigenvalue weighted by atomic mass is 32.1. The highest BCUT2D eigenvalue weighted by Gasteiger charge is 2.21. The van der Waals surface area contributed by atoms with Crippen molar-refractivity contribution < 1.29 is 14.7 Å². The van der Waals surface area contributed by atoms with Crippen molar-refractivity contribution in [2.75, 3.05) is 6.54 Å². The Bertz CT molecular complexity index is 430. The Kier molecular flexibility index (Phi) is 3.75. The van der Waals surface area contributed by atoms with E-state index in [2.05, 4.69) is 10.6 Å². The molecule has 0 bridgehead atoms. The van der Waals surface area contributed by atoms with Crippen molar-refractivity contribution in [3.63, 3.8) is 0 Å². The molecule has 2 heterocycles. The van der Waals surface area contributed by atoms with Crippen LogP contribution in [0.4, 0.5) is 0 Å². The molecule has 5 nitrogen and oxygen atoms in total. The van der Waals surface area contributed by atoms with Crippen molar-refractivity contribution in [1.82, 2.24) is 10.6 Å². The molecule has 1 unspecified atom stereocenters. The zero-order valence-electron chi connectivity index (χ0n) is 9.23. The number of thiophene rings is 1. The predicted molar refractivity (Wildman–Crippen MR) is 64.1 cm³/mol. The fourth-order valence-electron chi connectivity index (χ4n) is 1.78. The molecule has 0 spiro atoms. The second kappa shape index (κ2) is 5.29. The SMILES string of the molecule is O=C(O)c1csc(CNC2CCCNC2=O)c1. The van der Waals surface area contributed by atoms with Crippen LogP contribution in [0, 0.1) is 0 Å². The smallest absolute Gasteiger partial charge is 0.336 e. The van der Waals surface area contributed by atoms with Crippen molar-refractivity contribution in [3.05, 3.63) is 21.9 Å². The minimum atomic E-state index is -0.914. The summed E-state index contributed by atoms with van der Waals surface area (Å²) < 4.78 is 0. The molecule has 3 N–H and O–H groups in total. The molecule has 1 amide bonds. The van der Waals surface area contributed by atoms with E-state index in [0.717, 1.165) is 24.3 Å². The summed E-state index contributed by atoms with van der Waals surface area (Å²) in [6.07, 6.45) is 1.82. The van der Waals surface area contributed by atoms with Gasteiger partial charge < -0.3 is 15.7 Å². The van der Waals surface area contributed by atoms with Crippen molar-refractivity contribution in [2.24, 2.45) is 0 Å². The van der Waals surface area contributed by atoms with Crippen LogP contribution >= 0.6 is 11.3 Å². The summed E-state index contributed by atoms with van der Waals surface area (Å²) in [4.78, 5) is 23.1. The largest absolute Gasteiger partial charge is 0.478 e. The lowest BCUT2D eigenvalue weighted by molar-refractivity contribution is -0.124. The average molecular weight is 254 g/mol. The lowest BCUT2D eigenvalue weighted by atomic mass is 10.1. The fraction of sp³-hybridized carbons (Fsp3) is 0.455. The Morgan fingerprint density at radius 2 is 2.47 bits per heavy atom. The van der Waals surface area contributed by atoms with Gasteiger partial charge in [-0.25, -0.2) is 4.79 Å². The number of nitrogens with one attached hydrogen (secondary N) is 2. The normalized spacial score (nSPS) is 20.0. The van der Waals surface area contributed by atoms with E-state index < -0.39 is 5.97 Å². The third kappa shape index (κ3) is 3.04. The Morgan fingerprint density at radius 1 is 1.65 bits per heavy atom. The molecule has 92 valence electrons. The third-order valence-corrected chi connectivity index (χ3v) is 3.65. The highest BCUT2D eigenvalue weighted by Crippen LogP contribution is 2.15. The van der Waals surface area contributed by atoms with E-state index in [1.54, 1.807) is 11.4 Å². The van der Waals surface area contributed by atoms with Gasteiger partial charge in [-0.2, -0.15) is 0 Å². The first kappa shape index (κ1) is 12.1. The van der Waals surface area contributed by atoms with Crippen LogP contribution in [0.3, 0.4) is 0 Å². The molecule has 1 aliphatic heterocycles. The Morgan fingerprint density at radius 3 is 3.12 bits per heavy atom. The number of piperidine rings is 1. The van der Waals surface area contributed by atoms with Crippen LogP contribution in [0.15, 0.2) is 11.4 Å². The van der Waals surface area contributed by atoms with Gasteiger partial charge >= 0.3 is 5.97 Å². The summed E-state index contributed by atoms with van der Waals surface area (Å²) in [5, 5.41) is 16.3. The van der Waals surface area contributed by atoms with Gasteiger partial charge in [-0.05, 0) is 18.9 Å². The molecule has 1 atom stereocenters. The number of amides is 1. The van der Waals surface area contributed by atoms with Crippen LogP contribution in [0.1, 0.15) is 28.1 Å². The number of aromatic carboxylic acids is 1. The van der Waals surface area contributed by atoms with Gasteiger partial charge in [0.2, 0.25) is 5.91 Å². The lowest BCUT2D eigenvalue weighted by Crippen LogP contribution is -2.47. The lowest BCUT2D eigenvalue weighted by Gasteiger charge is -2.22. The summed E-state index contributed by atoms with van der Waals surface area (Å²) in [6.45, 7) is 1.29. The van der Waals surface area contributed by atoms with Gasteiger partial charge in [-0.1, -0.05) is 0 Å². The molecular formula is C11H14N2O3S. The first-order chi connectivity index (χ1) is 8.16. The number of rotatable bonds is 4. The molecule has 0 aromatic carbocycles. The number of hydrogen-bond acceptors (Lipinski definition) is 4. The monoisotopic (exact) mass is 254 g/mol. The third-order valence-electron chi connectivity index (χ3n) is 2.71. The fourth-order valence-corrected chi connectivity index (χ4v) is 2.58. The van der Waals surface area contributed by atoms with Crippen LogP contribution in [-0.2, 0) is 11.3 Å². The van der Waals surface area contributed by atoms with Crippen LogP contribution < -0.4 is 10.6 Å². The summed E-state index contributed by atoms with van der Waals surface area (Å²) in [5.41, 5.74) is 0.305. The Labute approximate surface area is 103 Å². The number of carboxylic acid groups (broad SMARTS) is 1. The maximum absolute atomic E-state index is 11.5. The van der Waals surface area contributed by atoms with Crippen LogP contribution in [0.5, 0.6) is 0 Å². The zero-order chi connectivity index (χ0) is 12.3. The topological polar surface area (TPSA) is 78.4 Å². The van der Waals surface area contributed by atoms with Crippen LogP contribution in [-0.4, -0.2) is 29.6 Å². The van der Waals surface area contributed by atoms with Gasteiger partial charge in [-0.3, -0.25) is 4.79 Å². The van der Waals surface area contributed by atoms with Gasteiger partial charge in [-0.15, -0.1) is 11.3 Å². The van der Waals surface area contributed by atoms with Gasteiger partial charge in [0, 0.05) is 23.3 Å². The first-order valence-electron chi connectivity index (χ1n) is 5.48. The van der Waals surface area contributed by atoms with Crippen molar-refractivity contribution >= 4 is 23.2 Å². The van der Waals surface area contributed by atoms with Gasteiger partial charge in [0.25, 0.3) is 0 Å². The predicted octanol–water partition coefficient (Wildman–Crippen LogP) is 0.814. The van der Waals surface area contributed by atoms with Gasteiger partial charge in [0.05, 0.1) is 11.6 Å². The summed E-state index contributed by atoms with van der Waals surface area (Å²) in [5.74, 6) is -0.880. The van der Waals surface area contributed by atoms with E-state index in [4.69, 9.17) is 5.11 Å². The van der Waals surface area contributed by atoms with E-state index in [1.807, 2.05) is 0 Å². The van der Waals surface area contributed by atoms with E-state index in [0.29, 0.717) is 12.1 Å². The molecule has 2 rings (SSSR count). The number of carbonyl (C=O) groups excluding carboxylic acids is 1.